The second-order valence-electron chi connectivity index (χ2n) is 5.49. The van der Waals surface area contributed by atoms with Crippen LogP contribution in [0, 0.1) is 11.3 Å². The number of rotatable bonds is 2. The topological polar surface area (TPSA) is 93.8 Å². The van der Waals surface area contributed by atoms with Gasteiger partial charge in [0.1, 0.15) is 29.4 Å². The van der Waals surface area contributed by atoms with Crippen LogP contribution >= 0.6 is 0 Å². The van der Waals surface area contributed by atoms with Gasteiger partial charge < -0.3 is 14.9 Å². The van der Waals surface area contributed by atoms with Crippen LogP contribution in [-0.4, -0.2) is 56.6 Å². The highest BCUT2D eigenvalue weighted by Gasteiger charge is 2.22. The van der Waals surface area contributed by atoms with Crippen molar-refractivity contribution in [3.63, 3.8) is 0 Å². The molecule has 3 aromatic rings. The van der Waals surface area contributed by atoms with Crippen LogP contribution in [0.5, 0.6) is 0 Å². The molecule has 1 saturated heterocycles. The van der Waals surface area contributed by atoms with E-state index in [0.29, 0.717) is 26.2 Å². The number of piperazine rings is 1. The van der Waals surface area contributed by atoms with E-state index in [1.165, 1.54) is 0 Å². The Hall–Kier alpha value is -3.08. The van der Waals surface area contributed by atoms with Crippen LogP contribution in [0.1, 0.15) is 6.42 Å². The number of H-pyrrole nitrogens is 1. The van der Waals surface area contributed by atoms with Gasteiger partial charge in [-0.2, -0.15) is 5.26 Å². The van der Waals surface area contributed by atoms with E-state index < -0.39 is 0 Å². The van der Waals surface area contributed by atoms with E-state index >= 15 is 0 Å². The Kier molecular flexibility index (Phi) is 3.12. The Balaban J connectivity index is 1.63. The van der Waals surface area contributed by atoms with Crippen molar-refractivity contribution < 1.29 is 4.79 Å². The van der Waals surface area contributed by atoms with Crippen molar-refractivity contribution in [3.05, 3.63) is 24.8 Å². The molecule has 23 heavy (non-hydrogen) atoms. The fourth-order valence-corrected chi connectivity index (χ4v) is 3.05. The third-order valence-electron chi connectivity index (χ3n) is 4.22. The third kappa shape index (κ3) is 2.17. The van der Waals surface area contributed by atoms with Crippen molar-refractivity contribution in [2.24, 2.45) is 0 Å². The molecule has 0 unspecified atom stereocenters. The van der Waals surface area contributed by atoms with Gasteiger partial charge in [0.05, 0.1) is 25.4 Å². The number of fused-ring (bicyclic) bond motifs is 3. The molecule has 0 aliphatic carbocycles. The van der Waals surface area contributed by atoms with E-state index in [2.05, 4.69) is 20.0 Å². The number of hydrogen-bond donors (Lipinski definition) is 1. The molecule has 0 saturated carbocycles. The molecule has 0 aromatic carbocycles. The van der Waals surface area contributed by atoms with E-state index in [4.69, 9.17) is 5.26 Å². The molecule has 1 amide bonds. The third-order valence-corrected chi connectivity index (χ3v) is 4.22. The van der Waals surface area contributed by atoms with E-state index in [0.717, 1.165) is 22.1 Å². The number of nitrogens with one attached hydrogen (secondary N) is 1. The lowest BCUT2D eigenvalue weighted by atomic mass is 10.3. The summed E-state index contributed by atoms with van der Waals surface area (Å²) in [5.41, 5.74) is 2.70. The van der Waals surface area contributed by atoms with Gasteiger partial charge in [-0.15, -0.1) is 0 Å². The number of aromatic amines is 1. The average Bonchev–Trinajstić information content (AvgIpc) is 3.21. The molecule has 4 rings (SSSR count). The zero-order valence-electron chi connectivity index (χ0n) is 12.4. The Bertz CT molecular complexity index is 911. The molecule has 1 aliphatic rings. The number of hydrogen-bond acceptors (Lipinski definition) is 5. The average molecular weight is 309 g/mol. The minimum Gasteiger partial charge on any atom is -0.346 e. The number of nitriles is 1. The second kappa shape index (κ2) is 5.28. The fourth-order valence-electron chi connectivity index (χ4n) is 3.05. The van der Waals surface area contributed by atoms with Crippen molar-refractivity contribution in [2.45, 2.75) is 6.42 Å². The Morgan fingerprint density at radius 2 is 2.13 bits per heavy atom. The molecule has 1 fully saturated rings. The number of carbonyl (C=O) groups excluding carboxylic acids is 1. The van der Waals surface area contributed by atoms with Gasteiger partial charge in [-0.1, -0.05) is 0 Å². The van der Waals surface area contributed by atoms with Crippen LogP contribution in [0.4, 0.5) is 0 Å². The largest absolute Gasteiger partial charge is 0.346 e. The number of amides is 1. The van der Waals surface area contributed by atoms with Gasteiger partial charge in [0.15, 0.2) is 0 Å². The van der Waals surface area contributed by atoms with Gasteiger partial charge in [-0.05, 0) is 6.07 Å². The van der Waals surface area contributed by atoms with Gasteiger partial charge in [0.2, 0.25) is 5.91 Å². The molecule has 8 heteroatoms. The highest BCUT2D eigenvalue weighted by Crippen LogP contribution is 2.22. The SMILES string of the molecule is N#CCC(=O)N1CCN(n2cnc3cnc4[nH]ccc4c32)CC1. The first-order valence-electron chi connectivity index (χ1n) is 7.47. The first-order chi connectivity index (χ1) is 11.3. The summed E-state index contributed by atoms with van der Waals surface area (Å²) in [4.78, 5) is 25.4. The number of nitrogens with zero attached hydrogens (tertiary/aromatic N) is 6. The molecule has 0 radical (unpaired) electrons. The summed E-state index contributed by atoms with van der Waals surface area (Å²) in [6.07, 6.45) is 5.37. The smallest absolute Gasteiger partial charge is 0.236 e. The maximum Gasteiger partial charge on any atom is 0.236 e. The highest BCUT2D eigenvalue weighted by molar-refractivity contribution is 6.01. The summed E-state index contributed by atoms with van der Waals surface area (Å²) in [5.74, 6) is -0.0973. The summed E-state index contributed by atoms with van der Waals surface area (Å²) in [6, 6.07) is 3.91. The highest BCUT2D eigenvalue weighted by atomic mass is 16.2. The summed E-state index contributed by atoms with van der Waals surface area (Å²) in [6.45, 7) is 2.64. The molecule has 0 bridgehead atoms. The van der Waals surface area contributed by atoms with Crippen molar-refractivity contribution in [2.75, 3.05) is 31.2 Å². The standard InChI is InChI=1S/C15H15N7O/c16-3-1-13(23)20-5-7-21(8-6-20)22-10-19-12-9-18-15-11(14(12)22)2-4-17-15/h2,4,9-10H,1,5-8H2,(H,17,18). The maximum atomic E-state index is 11.8. The van der Waals surface area contributed by atoms with Gasteiger partial charge in [0, 0.05) is 24.7 Å². The number of carbonyl (C=O) groups is 1. The van der Waals surface area contributed by atoms with E-state index in [-0.39, 0.29) is 12.3 Å². The van der Waals surface area contributed by atoms with Gasteiger partial charge in [-0.25, -0.2) is 14.6 Å². The van der Waals surface area contributed by atoms with Gasteiger partial charge in [0.25, 0.3) is 0 Å². The minimum absolute atomic E-state index is 0.0519. The van der Waals surface area contributed by atoms with Crippen molar-refractivity contribution in [3.8, 4) is 6.07 Å². The zero-order valence-corrected chi connectivity index (χ0v) is 12.4. The molecule has 0 atom stereocenters. The van der Waals surface area contributed by atoms with E-state index in [1.807, 2.05) is 23.0 Å². The van der Waals surface area contributed by atoms with Gasteiger partial charge >= 0.3 is 0 Å². The van der Waals surface area contributed by atoms with Crippen molar-refractivity contribution >= 4 is 28.0 Å². The first-order valence-corrected chi connectivity index (χ1v) is 7.47. The minimum atomic E-state index is -0.0973. The summed E-state index contributed by atoms with van der Waals surface area (Å²) >= 11 is 0. The van der Waals surface area contributed by atoms with E-state index in [9.17, 15) is 4.79 Å². The lowest BCUT2D eigenvalue weighted by Crippen LogP contribution is -2.52. The Labute approximate surface area is 131 Å². The van der Waals surface area contributed by atoms with Crippen molar-refractivity contribution in [1.29, 1.82) is 5.26 Å². The quantitative estimate of drug-likeness (QED) is 0.748. The molecule has 8 nitrogen and oxygen atoms in total. The lowest BCUT2D eigenvalue weighted by molar-refractivity contribution is -0.130. The maximum absolute atomic E-state index is 11.8. The van der Waals surface area contributed by atoms with Crippen LogP contribution in [0.2, 0.25) is 0 Å². The number of aromatic nitrogens is 4. The molecular weight excluding hydrogens is 294 g/mol. The Morgan fingerprint density at radius 3 is 2.91 bits per heavy atom. The molecule has 1 N–H and O–H groups in total. The number of pyridine rings is 1. The molecule has 1 aliphatic heterocycles. The van der Waals surface area contributed by atoms with Crippen LogP contribution < -0.4 is 5.01 Å². The predicted octanol–water partition coefficient (Wildman–Crippen LogP) is 0.606. The monoisotopic (exact) mass is 309 g/mol. The first kappa shape index (κ1) is 13.6. The summed E-state index contributed by atoms with van der Waals surface area (Å²) in [5, 5.41) is 11.8. The molecule has 116 valence electrons. The second-order valence-corrected chi connectivity index (χ2v) is 5.49. The predicted molar refractivity (Wildman–Crippen MR) is 84.1 cm³/mol. The van der Waals surface area contributed by atoms with Crippen LogP contribution in [0.3, 0.4) is 0 Å². The van der Waals surface area contributed by atoms with E-state index in [1.54, 1.807) is 17.4 Å². The molecule has 4 heterocycles. The van der Waals surface area contributed by atoms with Crippen LogP contribution in [0.25, 0.3) is 22.1 Å². The zero-order chi connectivity index (χ0) is 15.8. The number of imidazole rings is 1. The normalized spacial score (nSPS) is 15.3. The molecular formula is C15H15N7O. The molecule has 3 aromatic heterocycles. The summed E-state index contributed by atoms with van der Waals surface area (Å²) < 4.78 is 2.04. The Morgan fingerprint density at radius 1 is 1.30 bits per heavy atom. The van der Waals surface area contributed by atoms with Crippen molar-refractivity contribution in [1.82, 2.24) is 24.5 Å². The van der Waals surface area contributed by atoms with Crippen LogP contribution in [-0.2, 0) is 4.79 Å². The lowest BCUT2D eigenvalue weighted by Gasteiger charge is -2.36. The summed E-state index contributed by atoms with van der Waals surface area (Å²) in [7, 11) is 0. The fraction of sp³-hybridized carbons (Fsp3) is 0.333. The molecule has 0 spiro atoms. The van der Waals surface area contributed by atoms with Gasteiger partial charge in [-0.3, -0.25) is 4.79 Å². The van der Waals surface area contributed by atoms with Crippen LogP contribution in [0.15, 0.2) is 24.8 Å².